The smallest absolute Gasteiger partial charge is 0.430 e. The van der Waals surface area contributed by atoms with Crippen LogP contribution in [0.5, 0.6) is 0 Å². The summed E-state index contributed by atoms with van der Waals surface area (Å²) in [5.41, 5.74) is 0. The van der Waals surface area contributed by atoms with Crippen LogP contribution >= 0.6 is 22.6 Å². The van der Waals surface area contributed by atoms with E-state index in [0.29, 0.717) is 11.8 Å². The summed E-state index contributed by atoms with van der Waals surface area (Å²) >= 11 is 2.09. The summed E-state index contributed by atoms with van der Waals surface area (Å²) in [4.78, 5) is 11.9. The lowest BCUT2D eigenvalue weighted by Crippen LogP contribution is -2.37. The number of carbonyl (C=O) groups excluding carboxylic acids is 1. The fraction of sp³-hybridized carbons (Fsp3) is 0.938. The number of rotatable bonds is 4. The van der Waals surface area contributed by atoms with E-state index in [1.807, 2.05) is 6.92 Å². The van der Waals surface area contributed by atoms with Crippen LogP contribution in [0.1, 0.15) is 71.1 Å². The SMILES string of the molecule is CC(I)OC(=O)OC(C1CCCCC1)C1CCCCC1. The van der Waals surface area contributed by atoms with E-state index in [0.717, 1.165) is 0 Å². The third kappa shape index (κ3) is 5.08. The number of hydrogen-bond acceptors (Lipinski definition) is 3. The molecule has 2 rings (SSSR count). The van der Waals surface area contributed by atoms with Crippen LogP contribution in [0, 0.1) is 11.8 Å². The van der Waals surface area contributed by atoms with Crippen LogP contribution in [-0.4, -0.2) is 16.4 Å². The molecule has 116 valence electrons. The first kappa shape index (κ1) is 16.4. The van der Waals surface area contributed by atoms with E-state index < -0.39 is 6.16 Å². The van der Waals surface area contributed by atoms with E-state index >= 15 is 0 Å². The fourth-order valence-corrected chi connectivity index (χ4v) is 3.98. The van der Waals surface area contributed by atoms with Gasteiger partial charge in [-0.1, -0.05) is 38.5 Å². The summed E-state index contributed by atoms with van der Waals surface area (Å²) < 4.78 is 10.8. The van der Waals surface area contributed by atoms with Crippen molar-refractivity contribution in [3.8, 4) is 0 Å². The molecular weight excluding hydrogens is 367 g/mol. The second-order valence-corrected chi connectivity index (χ2v) is 8.04. The molecule has 0 amide bonds. The Morgan fingerprint density at radius 1 is 0.900 bits per heavy atom. The predicted molar refractivity (Wildman–Crippen MR) is 88.0 cm³/mol. The number of hydrogen-bond donors (Lipinski definition) is 0. The molecule has 0 aromatic carbocycles. The van der Waals surface area contributed by atoms with Crippen LogP contribution in [0.15, 0.2) is 0 Å². The molecular formula is C16H27IO3. The van der Waals surface area contributed by atoms with Gasteiger partial charge in [0, 0.05) is 0 Å². The van der Waals surface area contributed by atoms with Crippen LogP contribution < -0.4 is 0 Å². The molecule has 1 unspecified atom stereocenters. The van der Waals surface area contributed by atoms with Crippen molar-refractivity contribution in [2.45, 2.75) is 81.3 Å². The lowest BCUT2D eigenvalue weighted by atomic mass is 9.75. The third-order valence-corrected chi connectivity index (χ3v) is 4.97. The van der Waals surface area contributed by atoms with Crippen molar-refractivity contribution in [2.24, 2.45) is 11.8 Å². The van der Waals surface area contributed by atoms with Gasteiger partial charge >= 0.3 is 6.16 Å². The van der Waals surface area contributed by atoms with E-state index in [2.05, 4.69) is 22.6 Å². The highest BCUT2D eigenvalue weighted by molar-refractivity contribution is 14.1. The topological polar surface area (TPSA) is 35.5 Å². The molecule has 3 nitrogen and oxygen atoms in total. The molecule has 20 heavy (non-hydrogen) atoms. The van der Waals surface area contributed by atoms with Gasteiger partial charge in [0.2, 0.25) is 0 Å². The van der Waals surface area contributed by atoms with E-state index in [1.54, 1.807) is 0 Å². The lowest BCUT2D eigenvalue weighted by Gasteiger charge is -2.36. The zero-order valence-corrected chi connectivity index (χ0v) is 14.6. The fourth-order valence-electron chi connectivity index (χ4n) is 3.77. The van der Waals surface area contributed by atoms with Gasteiger partial charge in [-0.3, -0.25) is 0 Å². The second kappa shape index (κ2) is 8.44. The minimum atomic E-state index is -0.465. The molecule has 0 heterocycles. The van der Waals surface area contributed by atoms with Crippen LogP contribution in [0.3, 0.4) is 0 Å². The largest absolute Gasteiger partial charge is 0.509 e. The van der Waals surface area contributed by atoms with Crippen LogP contribution in [-0.2, 0) is 9.47 Å². The zero-order chi connectivity index (χ0) is 14.4. The maximum atomic E-state index is 11.9. The molecule has 2 fully saturated rings. The van der Waals surface area contributed by atoms with Crippen molar-refractivity contribution in [3.63, 3.8) is 0 Å². The van der Waals surface area contributed by atoms with Crippen LogP contribution in [0.25, 0.3) is 0 Å². The quantitative estimate of drug-likeness (QED) is 0.361. The Hall–Kier alpha value is 0. The normalized spacial score (nSPS) is 23.6. The lowest BCUT2D eigenvalue weighted by molar-refractivity contribution is -0.0384. The molecule has 0 N–H and O–H groups in total. The van der Waals surface area contributed by atoms with Crippen LogP contribution in [0.2, 0.25) is 0 Å². The Morgan fingerprint density at radius 2 is 1.35 bits per heavy atom. The second-order valence-electron chi connectivity index (χ2n) is 6.29. The van der Waals surface area contributed by atoms with Gasteiger partial charge in [-0.05, 0) is 67.0 Å². The van der Waals surface area contributed by atoms with Gasteiger partial charge in [0.15, 0.2) is 4.11 Å². The van der Waals surface area contributed by atoms with Gasteiger partial charge in [-0.25, -0.2) is 4.79 Å². The average molecular weight is 394 g/mol. The van der Waals surface area contributed by atoms with Gasteiger partial charge in [0.05, 0.1) is 0 Å². The Labute approximate surface area is 136 Å². The first-order chi connectivity index (χ1) is 9.66. The molecule has 0 aromatic rings. The van der Waals surface area contributed by atoms with Gasteiger partial charge in [0.25, 0.3) is 0 Å². The minimum absolute atomic E-state index is 0.0956. The summed E-state index contributed by atoms with van der Waals surface area (Å²) in [7, 11) is 0. The van der Waals surface area contributed by atoms with Crippen molar-refractivity contribution in [2.75, 3.05) is 0 Å². The summed E-state index contributed by atoms with van der Waals surface area (Å²) in [6, 6.07) is 0. The standard InChI is InChI=1S/C16H27IO3/c1-12(17)19-16(18)20-15(13-8-4-2-5-9-13)14-10-6-3-7-11-14/h12-15H,2-11H2,1H3. The summed E-state index contributed by atoms with van der Waals surface area (Å²) in [5.74, 6) is 1.12. The van der Waals surface area contributed by atoms with Gasteiger partial charge in [0.1, 0.15) is 6.10 Å². The maximum absolute atomic E-state index is 11.9. The molecule has 0 aromatic heterocycles. The zero-order valence-electron chi connectivity index (χ0n) is 12.5. The number of ether oxygens (including phenoxy) is 2. The minimum Gasteiger partial charge on any atom is -0.430 e. The molecule has 1 atom stereocenters. The van der Waals surface area contributed by atoms with Crippen molar-refractivity contribution in [3.05, 3.63) is 0 Å². The highest BCUT2D eigenvalue weighted by atomic mass is 127. The molecule has 0 radical (unpaired) electrons. The highest BCUT2D eigenvalue weighted by Gasteiger charge is 2.34. The molecule has 0 bridgehead atoms. The Balaban J connectivity index is 1.96. The molecule has 0 saturated heterocycles. The highest BCUT2D eigenvalue weighted by Crippen LogP contribution is 2.37. The maximum Gasteiger partial charge on any atom is 0.509 e. The van der Waals surface area contributed by atoms with E-state index in [4.69, 9.17) is 9.47 Å². The predicted octanol–water partition coefficient (Wildman–Crippen LogP) is 5.45. The first-order valence-corrected chi connectivity index (χ1v) is 9.42. The Bertz CT molecular complexity index is 276. The van der Waals surface area contributed by atoms with Gasteiger partial charge in [-0.2, -0.15) is 0 Å². The third-order valence-electron chi connectivity index (χ3n) is 4.72. The van der Waals surface area contributed by atoms with Crippen molar-refractivity contribution in [1.29, 1.82) is 0 Å². The van der Waals surface area contributed by atoms with E-state index in [-0.39, 0.29) is 10.2 Å². The van der Waals surface area contributed by atoms with Gasteiger partial charge < -0.3 is 9.47 Å². The van der Waals surface area contributed by atoms with Crippen LogP contribution in [0.4, 0.5) is 4.79 Å². The Morgan fingerprint density at radius 3 is 1.75 bits per heavy atom. The van der Waals surface area contributed by atoms with Crippen molar-refractivity contribution in [1.82, 2.24) is 0 Å². The van der Waals surface area contributed by atoms with Crippen molar-refractivity contribution < 1.29 is 14.3 Å². The number of alkyl halides is 1. The molecule has 2 aliphatic carbocycles. The molecule has 4 heteroatoms. The molecule has 0 aliphatic heterocycles. The summed E-state index contributed by atoms with van der Waals surface area (Å²) in [5, 5.41) is 0. The summed E-state index contributed by atoms with van der Waals surface area (Å²) in [6.45, 7) is 1.86. The molecule has 2 aliphatic rings. The first-order valence-electron chi connectivity index (χ1n) is 8.18. The number of carbonyl (C=O) groups is 1. The summed E-state index contributed by atoms with van der Waals surface area (Å²) in [6.07, 6.45) is 12.3. The van der Waals surface area contributed by atoms with Crippen molar-refractivity contribution >= 4 is 28.7 Å². The molecule has 2 saturated carbocycles. The van der Waals surface area contributed by atoms with Gasteiger partial charge in [-0.15, -0.1) is 0 Å². The van der Waals surface area contributed by atoms with E-state index in [1.165, 1.54) is 64.2 Å². The molecule has 0 spiro atoms. The monoisotopic (exact) mass is 394 g/mol. The van der Waals surface area contributed by atoms with E-state index in [9.17, 15) is 4.79 Å². The average Bonchev–Trinajstić information content (AvgIpc) is 2.46. The number of halogens is 1. The Kier molecular flexibility index (Phi) is 6.91.